The molecule has 1 unspecified atom stereocenters. The van der Waals surface area contributed by atoms with Crippen LogP contribution < -0.4 is 10.5 Å². The minimum atomic E-state index is 0. The highest BCUT2D eigenvalue weighted by molar-refractivity contribution is 5.85. The largest absolute Gasteiger partial charge is 0.497 e. The molecule has 4 nitrogen and oxygen atoms in total. The fourth-order valence-electron chi connectivity index (χ4n) is 2.89. The Balaban J connectivity index is 0.00000312. The summed E-state index contributed by atoms with van der Waals surface area (Å²) in [5.41, 5.74) is 8.80. The summed E-state index contributed by atoms with van der Waals surface area (Å²) in [7, 11) is 1.65. The number of nitrogens with zero attached hydrogens (tertiary/aromatic N) is 1. The summed E-state index contributed by atoms with van der Waals surface area (Å²) in [4.78, 5) is 14.6. The second kappa shape index (κ2) is 9.94. The number of aryl methyl sites for hydroxylation is 1. The molecule has 0 radical (unpaired) electrons. The number of rotatable bonds is 7. The van der Waals surface area contributed by atoms with Crippen molar-refractivity contribution >= 4 is 24.0 Å². The van der Waals surface area contributed by atoms with Crippen LogP contribution in [-0.4, -0.2) is 24.5 Å². The van der Waals surface area contributed by atoms with Crippen molar-refractivity contribution in [2.24, 2.45) is 0 Å². The molecular formula is C20H27ClN2O2. The molecule has 0 heterocycles. The molecule has 5 heteroatoms. The van der Waals surface area contributed by atoms with Crippen LogP contribution in [0.5, 0.6) is 5.75 Å². The van der Waals surface area contributed by atoms with Crippen LogP contribution in [0, 0.1) is 0 Å². The Morgan fingerprint density at radius 2 is 1.92 bits per heavy atom. The van der Waals surface area contributed by atoms with Crippen molar-refractivity contribution in [2.75, 3.05) is 19.4 Å². The zero-order chi connectivity index (χ0) is 17.5. The van der Waals surface area contributed by atoms with Gasteiger partial charge in [0.15, 0.2) is 0 Å². The first-order valence-electron chi connectivity index (χ1n) is 8.33. The Hall–Kier alpha value is -2.20. The summed E-state index contributed by atoms with van der Waals surface area (Å²) >= 11 is 0. The number of amides is 1. The van der Waals surface area contributed by atoms with Crippen molar-refractivity contribution in [3.63, 3.8) is 0 Å². The van der Waals surface area contributed by atoms with E-state index in [2.05, 4.69) is 0 Å². The molecular weight excluding hydrogens is 336 g/mol. The van der Waals surface area contributed by atoms with Gasteiger partial charge in [0, 0.05) is 18.7 Å². The van der Waals surface area contributed by atoms with Crippen LogP contribution >= 0.6 is 12.4 Å². The smallest absolute Gasteiger partial charge is 0.223 e. The van der Waals surface area contributed by atoms with Gasteiger partial charge in [-0.15, -0.1) is 12.4 Å². The summed E-state index contributed by atoms with van der Waals surface area (Å²) < 4.78 is 5.28. The van der Waals surface area contributed by atoms with Gasteiger partial charge in [-0.1, -0.05) is 30.3 Å². The number of halogens is 1. The van der Waals surface area contributed by atoms with Crippen LogP contribution in [0.15, 0.2) is 48.5 Å². The average molecular weight is 363 g/mol. The highest BCUT2D eigenvalue weighted by Gasteiger charge is 2.20. The molecule has 2 N–H and O–H groups in total. The van der Waals surface area contributed by atoms with E-state index in [4.69, 9.17) is 10.5 Å². The number of ether oxygens (including phenoxy) is 1. The molecule has 0 saturated heterocycles. The van der Waals surface area contributed by atoms with Gasteiger partial charge in [0.25, 0.3) is 0 Å². The maximum atomic E-state index is 12.7. The van der Waals surface area contributed by atoms with Gasteiger partial charge >= 0.3 is 0 Å². The van der Waals surface area contributed by atoms with Crippen LogP contribution in [0.25, 0.3) is 0 Å². The normalized spacial score (nSPS) is 11.3. The molecule has 1 atom stereocenters. The molecule has 136 valence electrons. The summed E-state index contributed by atoms with van der Waals surface area (Å²) in [6.45, 7) is 4.72. The molecule has 2 aromatic carbocycles. The maximum Gasteiger partial charge on any atom is 0.223 e. The second-order valence-corrected chi connectivity index (χ2v) is 5.83. The van der Waals surface area contributed by atoms with Gasteiger partial charge in [-0.05, 0) is 49.6 Å². The number of methoxy groups -OCH3 is 1. The predicted octanol–water partition coefficient (Wildman–Crippen LogP) is 4.24. The second-order valence-electron chi connectivity index (χ2n) is 5.83. The van der Waals surface area contributed by atoms with Gasteiger partial charge < -0.3 is 15.4 Å². The van der Waals surface area contributed by atoms with Crippen LogP contribution in [-0.2, 0) is 11.2 Å². The van der Waals surface area contributed by atoms with E-state index in [1.54, 1.807) is 7.11 Å². The number of anilines is 1. The molecule has 0 fully saturated rings. The molecule has 0 aliphatic carbocycles. The SMILES string of the molecule is CCN(C(=O)CCc1ccccc1N)C(C)c1cccc(OC)c1.Cl. The Labute approximate surface area is 156 Å². The van der Waals surface area contributed by atoms with Crippen LogP contribution in [0.1, 0.15) is 37.4 Å². The first-order valence-corrected chi connectivity index (χ1v) is 8.33. The lowest BCUT2D eigenvalue weighted by atomic mass is 10.0. The lowest BCUT2D eigenvalue weighted by Gasteiger charge is -2.29. The molecule has 0 aliphatic heterocycles. The van der Waals surface area contributed by atoms with E-state index >= 15 is 0 Å². The van der Waals surface area contributed by atoms with E-state index in [-0.39, 0.29) is 24.4 Å². The molecule has 1 amide bonds. The fraction of sp³-hybridized carbons (Fsp3) is 0.350. The average Bonchev–Trinajstić information content (AvgIpc) is 2.61. The highest BCUT2D eigenvalue weighted by atomic mass is 35.5. The van der Waals surface area contributed by atoms with E-state index in [1.807, 2.05) is 67.3 Å². The van der Waals surface area contributed by atoms with Crippen molar-refractivity contribution in [1.29, 1.82) is 0 Å². The first kappa shape index (κ1) is 20.8. The molecule has 2 rings (SSSR count). The number of nitrogens with two attached hydrogens (primary N) is 1. The van der Waals surface area contributed by atoms with Crippen LogP contribution in [0.3, 0.4) is 0 Å². The summed E-state index contributed by atoms with van der Waals surface area (Å²) in [5, 5.41) is 0. The van der Waals surface area contributed by atoms with E-state index < -0.39 is 0 Å². The zero-order valence-electron chi connectivity index (χ0n) is 15.1. The monoisotopic (exact) mass is 362 g/mol. The third-order valence-electron chi connectivity index (χ3n) is 4.37. The van der Waals surface area contributed by atoms with Crippen LogP contribution in [0.4, 0.5) is 5.69 Å². The zero-order valence-corrected chi connectivity index (χ0v) is 15.9. The number of nitrogen functional groups attached to an aromatic ring is 1. The summed E-state index contributed by atoms with van der Waals surface area (Å²) in [6, 6.07) is 15.6. The number of hydrogen-bond donors (Lipinski definition) is 1. The van der Waals surface area contributed by atoms with E-state index in [0.717, 1.165) is 22.6 Å². The number of hydrogen-bond acceptors (Lipinski definition) is 3. The first-order chi connectivity index (χ1) is 11.6. The van der Waals surface area contributed by atoms with E-state index in [9.17, 15) is 4.79 Å². The molecule has 0 bridgehead atoms. The Morgan fingerprint density at radius 3 is 2.56 bits per heavy atom. The Morgan fingerprint density at radius 1 is 1.20 bits per heavy atom. The predicted molar refractivity (Wildman–Crippen MR) is 105 cm³/mol. The molecule has 0 aliphatic rings. The third kappa shape index (κ3) is 5.40. The number of benzene rings is 2. The van der Waals surface area contributed by atoms with Gasteiger partial charge in [-0.3, -0.25) is 4.79 Å². The number of para-hydroxylation sites is 1. The molecule has 0 spiro atoms. The fourth-order valence-corrected chi connectivity index (χ4v) is 2.89. The Kier molecular flexibility index (Phi) is 8.29. The topological polar surface area (TPSA) is 55.6 Å². The van der Waals surface area contributed by atoms with Crippen LogP contribution in [0.2, 0.25) is 0 Å². The van der Waals surface area contributed by atoms with Crippen molar-refractivity contribution in [2.45, 2.75) is 32.7 Å². The molecule has 25 heavy (non-hydrogen) atoms. The summed E-state index contributed by atoms with van der Waals surface area (Å²) in [5.74, 6) is 0.941. The number of carbonyl (C=O) groups is 1. The van der Waals surface area contributed by atoms with Gasteiger partial charge in [0.2, 0.25) is 5.91 Å². The van der Waals surface area contributed by atoms with Crippen molar-refractivity contribution in [3.8, 4) is 5.75 Å². The van der Waals surface area contributed by atoms with Crippen molar-refractivity contribution in [3.05, 3.63) is 59.7 Å². The molecule has 0 aromatic heterocycles. The lowest BCUT2D eigenvalue weighted by Crippen LogP contribution is -2.33. The minimum Gasteiger partial charge on any atom is -0.497 e. The van der Waals surface area contributed by atoms with Gasteiger partial charge in [-0.25, -0.2) is 0 Å². The Bertz CT molecular complexity index is 691. The van der Waals surface area contributed by atoms with E-state index in [0.29, 0.717) is 19.4 Å². The molecule has 2 aromatic rings. The standard InChI is InChI=1S/C20H26N2O2.ClH/c1-4-22(15(2)17-9-7-10-18(14-17)24-3)20(23)13-12-16-8-5-6-11-19(16)21;/h5-11,14-15H,4,12-13,21H2,1-3H3;1H. The summed E-state index contributed by atoms with van der Waals surface area (Å²) in [6.07, 6.45) is 1.11. The lowest BCUT2D eigenvalue weighted by molar-refractivity contribution is -0.133. The van der Waals surface area contributed by atoms with Gasteiger partial charge in [0.1, 0.15) is 5.75 Å². The van der Waals surface area contributed by atoms with Gasteiger partial charge in [-0.2, -0.15) is 0 Å². The maximum absolute atomic E-state index is 12.7. The minimum absolute atomic E-state index is 0. The highest BCUT2D eigenvalue weighted by Crippen LogP contribution is 2.25. The van der Waals surface area contributed by atoms with Crippen molar-refractivity contribution < 1.29 is 9.53 Å². The van der Waals surface area contributed by atoms with Gasteiger partial charge in [0.05, 0.1) is 13.2 Å². The van der Waals surface area contributed by atoms with E-state index in [1.165, 1.54) is 0 Å². The van der Waals surface area contributed by atoms with Crippen molar-refractivity contribution in [1.82, 2.24) is 4.90 Å². The quantitative estimate of drug-likeness (QED) is 0.749. The molecule has 0 saturated carbocycles. The third-order valence-corrected chi connectivity index (χ3v) is 4.37. The number of carbonyl (C=O) groups excluding carboxylic acids is 1.